The molecule has 2 rings (SSSR count). The van der Waals surface area contributed by atoms with Gasteiger partial charge in [-0.1, -0.05) is 0 Å². The highest BCUT2D eigenvalue weighted by molar-refractivity contribution is 6.02. The summed E-state index contributed by atoms with van der Waals surface area (Å²) in [6.45, 7) is 1.50. The Hall–Kier alpha value is -3.08. The third-order valence-corrected chi connectivity index (χ3v) is 3.41. The molecule has 0 aromatic heterocycles. The van der Waals surface area contributed by atoms with E-state index in [-0.39, 0.29) is 11.7 Å². The minimum atomic E-state index is -0.282. The van der Waals surface area contributed by atoms with Crippen LogP contribution < -0.4 is 14.8 Å². The number of ether oxygens (including phenoxy) is 2. The van der Waals surface area contributed by atoms with Crippen molar-refractivity contribution in [1.82, 2.24) is 0 Å². The lowest BCUT2D eigenvalue weighted by Gasteiger charge is -2.07. The van der Waals surface area contributed by atoms with Gasteiger partial charge in [-0.25, -0.2) is 0 Å². The van der Waals surface area contributed by atoms with Crippen molar-refractivity contribution in [2.24, 2.45) is 0 Å². The molecule has 0 aliphatic rings. The smallest absolute Gasteiger partial charge is 0.248 e. The molecule has 0 saturated carbocycles. The number of Topliss-reactive ketones (excluding diaryl/α,β-unsaturated/α-hetero) is 1. The summed E-state index contributed by atoms with van der Waals surface area (Å²) in [4.78, 5) is 23.3. The van der Waals surface area contributed by atoms with Gasteiger partial charge in [-0.15, -0.1) is 0 Å². The van der Waals surface area contributed by atoms with Crippen LogP contribution in [0.1, 0.15) is 22.8 Å². The number of hydrogen-bond donors (Lipinski definition) is 1. The van der Waals surface area contributed by atoms with Gasteiger partial charge in [0.1, 0.15) is 11.5 Å². The van der Waals surface area contributed by atoms with Gasteiger partial charge in [0.2, 0.25) is 5.91 Å². The average Bonchev–Trinajstić information content (AvgIpc) is 2.60. The third-order valence-electron chi connectivity index (χ3n) is 3.41. The van der Waals surface area contributed by atoms with E-state index >= 15 is 0 Å². The molecule has 0 radical (unpaired) electrons. The molecule has 0 bridgehead atoms. The molecule has 2 aromatic carbocycles. The number of carbonyl (C=O) groups excluding carboxylic acids is 2. The van der Waals surface area contributed by atoms with E-state index in [2.05, 4.69) is 5.32 Å². The lowest BCUT2D eigenvalue weighted by molar-refractivity contribution is -0.111. The van der Waals surface area contributed by atoms with Gasteiger partial charge in [-0.2, -0.15) is 0 Å². The number of ketones is 1. The topological polar surface area (TPSA) is 64.6 Å². The molecule has 5 nitrogen and oxygen atoms in total. The van der Waals surface area contributed by atoms with Crippen LogP contribution in [0.2, 0.25) is 0 Å². The second kappa shape index (κ2) is 7.97. The zero-order valence-corrected chi connectivity index (χ0v) is 13.8. The number of rotatable bonds is 6. The van der Waals surface area contributed by atoms with Crippen molar-refractivity contribution in [2.45, 2.75) is 6.92 Å². The fourth-order valence-electron chi connectivity index (χ4n) is 2.11. The number of anilines is 1. The van der Waals surface area contributed by atoms with E-state index in [0.717, 1.165) is 5.56 Å². The first kappa shape index (κ1) is 17.3. The summed E-state index contributed by atoms with van der Waals surface area (Å²) in [6.07, 6.45) is 3.07. The molecular formula is C19H19NO4. The molecule has 0 saturated heterocycles. The Bertz CT molecular complexity index is 763. The van der Waals surface area contributed by atoms with Crippen LogP contribution in [0.5, 0.6) is 11.5 Å². The zero-order valence-electron chi connectivity index (χ0n) is 13.8. The highest BCUT2D eigenvalue weighted by atomic mass is 16.5. The molecule has 0 aliphatic carbocycles. The van der Waals surface area contributed by atoms with E-state index in [9.17, 15) is 9.59 Å². The highest BCUT2D eigenvalue weighted by Crippen LogP contribution is 2.25. The summed E-state index contributed by atoms with van der Waals surface area (Å²) < 4.78 is 10.4. The predicted molar refractivity (Wildman–Crippen MR) is 93.7 cm³/mol. The van der Waals surface area contributed by atoms with Crippen LogP contribution in [-0.4, -0.2) is 25.9 Å². The van der Waals surface area contributed by atoms with Gasteiger partial charge < -0.3 is 14.8 Å². The van der Waals surface area contributed by atoms with Gasteiger partial charge in [0.15, 0.2) is 5.78 Å². The van der Waals surface area contributed by atoms with Crippen LogP contribution in [0.4, 0.5) is 5.69 Å². The predicted octanol–water partition coefficient (Wildman–Crippen LogP) is 3.56. The minimum Gasteiger partial charge on any atom is -0.497 e. The second-order valence-electron chi connectivity index (χ2n) is 5.06. The van der Waals surface area contributed by atoms with Crippen molar-refractivity contribution in [2.75, 3.05) is 19.5 Å². The molecule has 0 heterocycles. The number of methoxy groups -OCH3 is 2. The van der Waals surface area contributed by atoms with Crippen LogP contribution in [0, 0.1) is 0 Å². The monoisotopic (exact) mass is 325 g/mol. The van der Waals surface area contributed by atoms with Crippen LogP contribution in [-0.2, 0) is 4.79 Å². The second-order valence-corrected chi connectivity index (χ2v) is 5.06. The van der Waals surface area contributed by atoms with Crippen LogP contribution in [0.3, 0.4) is 0 Å². The maximum absolute atomic E-state index is 12.0. The van der Waals surface area contributed by atoms with E-state index in [1.165, 1.54) is 13.0 Å². The van der Waals surface area contributed by atoms with Crippen molar-refractivity contribution in [1.29, 1.82) is 0 Å². The van der Waals surface area contributed by atoms with Crippen molar-refractivity contribution < 1.29 is 19.1 Å². The van der Waals surface area contributed by atoms with Crippen molar-refractivity contribution >= 4 is 23.5 Å². The maximum Gasteiger partial charge on any atom is 0.248 e. The summed E-state index contributed by atoms with van der Waals surface area (Å²) in [7, 11) is 3.14. The summed E-state index contributed by atoms with van der Waals surface area (Å²) in [5.74, 6) is 1.02. The zero-order chi connectivity index (χ0) is 17.5. The molecule has 24 heavy (non-hydrogen) atoms. The van der Waals surface area contributed by atoms with E-state index in [1.54, 1.807) is 62.8 Å². The fraction of sp³-hybridized carbons (Fsp3) is 0.158. The summed E-state index contributed by atoms with van der Waals surface area (Å²) in [5.41, 5.74) is 1.95. The number of amides is 1. The minimum absolute atomic E-state index is 0.0158. The molecule has 1 amide bonds. The summed E-state index contributed by atoms with van der Waals surface area (Å²) in [5, 5.41) is 2.74. The Morgan fingerprint density at radius 1 is 1.00 bits per heavy atom. The number of hydrogen-bond acceptors (Lipinski definition) is 4. The van der Waals surface area contributed by atoms with Crippen molar-refractivity contribution in [3.8, 4) is 11.5 Å². The van der Waals surface area contributed by atoms with Gasteiger partial charge in [-0.05, 0) is 55.5 Å². The first-order valence-corrected chi connectivity index (χ1v) is 7.35. The number of carbonyl (C=O) groups is 2. The molecule has 0 aliphatic heterocycles. The number of nitrogens with one attached hydrogen (secondary N) is 1. The Balaban J connectivity index is 2.08. The highest BCUT2D eigenvalue weighted by Gasteiger charge is 2.04. The lowest BCUT2D eigenvalue weighted by atomic mass is 10.1. The Labute approximate surface area is 140 Å². The van der Waals surface area contributed by atoms with Gasteiger partial charge in [0.05, 0.1) is 14.2 Å². The standard InChI is InChI=1S/C19H19NO4/c1-13(21)14-4-7-16(8-5-14)20-19(22)11-6-15-12-17(23-2)9-10-18(15)24-3/h4-12H,1-3H3,(H,20,22)/b11-6+. The van der Waals surface area contributed by atoms with Crippen LogP contribution in [0.15, 0.2) is 48.5 Å². The Morgan fingerprint density at radius 2 is 1.71 bits per heavy atom. The first-order chi connectivity index (χ1) is 11.5. The molecular weight excluding hydrogens is 306 g/mol. The number of benzene rings is 2. The molecule has 0 atom stereocenters. The van der Waals surface area contributed by atoms with E-state index in [1.807, 2.05) is 0 Å². The van der Waals surface area contributed by atoms with Crippen molar-refractivity contribution in [3.63, 3.8) is 0 Å². The molecule has 1 N–H and O–H groups in total. The Kier molecular flexibility index (Phi) is 5.73. The van der Waals surface area contributed by atoms with Gasteiger partial charge in [0, 0.05) is 22.9 Å². The Morgan fingerprint density at radius 3 is 2.29 bits per heavy atom. The van der Waals surface area contributed by atoms with Gasteiger partial charge in [-0.3, -0.25) is 9.59 Å². The quantitative estimate of drug-likeness (QED) is 0.651. The van der Waals surface area contributed by atoms with E-state index in [0.29, 0.717) is 22.7 Å². The molecule has 124 valence electrons. The fourth-order valence-corrected chi connectivity index (χ4v) is 2.11. The van der Waals surface area contributed by atoms with E-state index < -0.39 is 0 Å². The average molecular weight is 325 g/mol. The molecule has 0 spiro atoms. The maximum atomic E-state index is 12.0. The van der Waals surface area contributed by atoms with Crippen molar-refractivity contribution in [3.05, 3.63) is 59.7 Å². The normalized spacial score (nSPS) is 10.5. The third kappa shape index (κ3) is 4.46. The van der Waals surface area contributed by atoms with Gasteiger partial charge in [0.25, 0.3) is 0 Å². The summed E-state index contributed by atoms with van der Waals surface area (Å²) in [6, 6.07) is 12.1. The molecule has 2 aromatic rings. The first-order valence-electron chi connectivity index (χ1n) is 7.35. The largest absolute Gasteiger partial charge is 0.497 e. The molecule has 0 fully saturated rings. The van der Waals surface area contributed by atoms with Crippen LogP contribution >= 0.6 is 0 Å². The molecule has 0 unspecified atom stereocenters. The van der Waals surface area contributed by atoms with E-state index in [4.69, 9.17) is 9.47 Å². The summed E-state index contributed by atoms with van der Waals surface area (Å²) >= 11 is 0. The van der Waals surface area contributed by atoms with Gasteiger partial charge >= 0.3 is 0 Å². The SMILES string of the molecule is COc1ccc(OC)c(/C=C/C(=O)Nc2ccc(C(C)=O)cc2)c1. The lowest BCUT2D eigenvalue weighted by Crippen LogP contribution is -2.07. The molecule has 5 heteroatoms. The van der Waals surface area contributed by atoms with Crippen LogP contribution in [0.25, 0.3) is 6.08 Å².